The Bertz CT molecular complexity index is 1180. The van der Waals surface area contributed by atoms with Crippen LogP contribution in [0.3, 0.4) is 0 Å². The van der Waals surface area contributed by atoms with Gasteiger partial charge in [-0.15, -0.1) is 5.10 Å². The van der Waals surface area contributed by atoms with Gasteiger partial charge in [-0.3, -0.25) is 0 Å². The number of methoxy groups -OCH3 is 1. The number of fused-ring (bicyclic) bond motifs is 1. The summed E-state index contributed by atoms with van der Waals surface area (Å²) < 4.78 is 7.14. The first kappa shape index (κ1) is 20.5. The maximum absolute atomic E-state index is 5.21. The number of piperazine rings is 1. The summed E-state index contributed by atoms with van der Waals surface area (Å²) in [6.45, 7) is 4.93. The summed E-state index contributed by atoms with van der Waals surface area (Å²) in [6.07, 6.45) is 1.84. The highest BCUT2D eigenvalue weighted by atomic mass is 16.5. The van der Waals surface area contributed by atoms with E-state index in [1.165, 1.54) is 5.69 Å². The number of anilines is 3. The number of nitrogens with one attached hydrogen (secondary N) is 1. The van der Waals surface area contributed by atoms with Crippen molar-refractivity contribution in [2.45, 2.75) is 6.61 Å². The van der Waals surface area contributed by atoms with E-state index in [0.717, 1.165) is 54.2 Å². The molecule has 0 amide bonds. The zero-order chi connectivity index (χ0) is 21.9. The van der Waals surface area contributed by atoms with E-state index >= 15 is 0 Å². The molecule has 1 N–H and O–H groups in total. The van der Waals surface area contributed by atoms with Crippen molar-refractivity contribution in [3.8, 4) is 11.3 Å². The summed E-state index contributed by atoms with van der Waals surface area (Å²) in [7, 11) is 3.88. The van der Waals surface area contributed by atoms with Crippen LogP contribution in [0.5, 0.6) is 0 Å². The molecule has 1 saturated heterocycles. The lowest BCUT2D eigenvalue weighted by Crippen LogP contribution is -2.44. The van der Waals surface area contributed by atoms with E-state index in [-0.39, 0.29) is 0 Å². The van der Waals surface area contributed by atoms with Crippen LogP contribution in [-0.4, -0.2) is 59.8 Å². The van der Waals surface area contributed by atoms with Crippen molar-refractivity contribution >= 4 is 22.8 Å². The summed E-state index contributed by atoms with van der Waals surface area (Å²) in [5.74, 6) is 0.568. The highest BCUT2D eigenvalue weighted by molar-refractivity contribution is 5.67. The van der Waals surface area contributed by atoms with Crippen LogP contribution in [-0.2, 0) is 11.3 Å². The molecule has 2 aromatic heterocycles. The summed E-state index contributed by atoms with van der Waals surface area (Å²) >= 11 is 0. The van der Waals surface area contributed by atoms with E-state index in [4.69, 9.17) is 9.84 Å². The fraction of sp³-hybridized carbons (Fsp3) is 0.280. The first-order valence-electron chi connectivity index (χ1n) is 10.9. The van der Waals surface area contributed by atoms with Gasteiger partial charge in [-0.05, 0) is 49.0 Å². The van der Waals surface area contributed by atoms with Crippen LogP contribution in [0.2, 0.25) is 0 Å². The van der Waals surface area contributed by atoms with Gasteiger partial charge in [0.1, 0.15) is 0 Å². The minimum Gasteiger partial charge on any atom is -0.380 e. The van der Waals surface area contributed by atoms with Gasteiger partial charge in [0.25, 0.3) is 0 Å². The van der Waals surface area contributed by atoms with Gasteiger partial charge in [-0.1, -0.05) is 24.3 Å². The molecule has 4 aromatic rings. The third kappa shape index (κ3) is 4.30. The predicted octanol–water partition coefficient (Wildman–Crippen LogP) is 4.04. The highest BCUT2D eigenvalue weighted by Gasteiger charge is 2.14. The van der Waals surface area contributed by atoms with Crippen LogP contribution in [0.15, 0.2) is 66.9 Å². The second-order valence-electron chi connectivity index (χ2n) is 8.23. The van der Waals surface area contributed by atoms with Crippen molar-refractivity contribution in [2.24, 2.45) is 0 Å². The van der Waals surface area contributed by atoms with E-state index < -0.39 is 0 Å². The Morgan fingerprint density at radius 3 is 2.38 bits per heavy atom. The average molecular weight is 429 g/mol. The Kier molecular flexibility index (Phi) is 5.75. The third-order valence-corrected chi connectivity index (χ3v) is 5.95. The minimum absolute atomic E-state index is 0.568. The van der Waals surface area contributed by atoms with Crippen molar-refractivity contribution < 1.29 is 4.74 Å². The lowest BCUT2D eigenvalue weighted by molar-refractivity contribution is 0.185. The monoisotopic (exact) mass is 428 g/mol. The van der Waals surface area contributed by atoms with E-state index in [9.17, 15) is 0 Å². The number of aromatic nitrogens is 3. The Hall–Kier alpha value is -3.42. The fourth-order valence-electron chi connectivity index (χ4n) is 4.07. The SMILES string of the molecule is COCc1ccc(-c2ccc3cnc(Nc4ccc(N5CCN(C)CC5)cc4)nn23)cc1. The molecule has 32 heavy (non-hydrogen) atoms. The summed E-state index contributed by atoms with van der Waals surface area (Å²) in [6, 6.07) is 21.0. The standard InChI is InChI=1S/C25H28N6O/c1-29-13-15-30(16-14-29)22-9-7-21(8-10-22)27-25-26-17-23-11-12-24(31(23)28-25)20-5-3-19(4-6-20)18-32-2/h3-12,17H,13-16,18H2,1-2H3,(H,27,28). The average Bonchev–Trinajstić information content (AvgIpc) is 3.24. The Balaban J connectivity index is 1.34. The molecule has 1 aliphatic heterocycles. The van der Waals surface area contributed by atoms with Gasteiger partial charge in [0.15, 0.2) is 0 Å². The molecular weight excluding hydrogens is 400 g/mol. The maximum Gasteiger partial charge on any atom is 0.245 e. The molecule has 0 aliphatic carbocycles. The molecule has 0 unspecified atom stereocenters. The minimum atomic E-state index is 0.568. The molecular formula is C25H28N6O. The second-order valence-corrected chi connectivity index (χ2v) is 8.23. The van der Waals surface area contributed by atoms with Crippen molar-refractivity contribution in [3.05, 3.63) is 72.4 Å². The van der Waals surface area contributed by atoms with Crippen molar-refractivity contribution in [1.82, 2.24) is 19.5 Å². The largest absolute Gasteiger partial charge is 0.380 e. The Labute approximate surface area is 188 Å². The lowest BCUT2D eigenvalue weighted by atomic mass is 10.1. The molecule has 7 heteroatoms. The normalized spacial score (nSPS) is 14.8. The van der Waals surface area contributed by atoms with E-state index in [1.807, 2.05) is 16.8 Å². The van der Waals surface area contributed by atoms with E-state index in [1.54, 1.807) is 7.11 Å². The number of nitrogens with zero attached hydrogens (tertiary/aromatic N) is 5. The molecule has 0 radical (unpaired) electrons. The summed E-state index contributed by atoms with van der Waals surface area (Å²) in [4.78, 5) is 9.28. The molecule has 164 valence electrons. The van der Waals surface area contributed by atoms with Crippen LogP contribution in [0.1, 0.15) is 5.56 Å². The van der Waals surface area contributed by atoms with Gasteiger partial charge >= 0.3 is 0 Å². The molecule has 0 atom stereocenters. The molecule has 5 rings (SSSR count). The van der Waals surface area contributed by atoms with Gasteiger partial charge in [-0.25, -0.2) is 9.50 Å². The van der Waals surface area contributed by atoms with Gasteiger partial charge in [0, 0.05) is 50.2 Å². The predicted molar refractivity (Wildman–Crippen MR) is 129 cm³/mol. The summed E-state index contributed by atoms with van der Waals surface area (Å²) in [5.41, 5.74) is 6.46. The van der Waals surface area contributed by atoms with Gasteiger partial charge < -0.3 is 19.9 Å². The van der Waals surface area contributed by atoms with E-state index in [2.05, 4.69) is 81.7 Å². The number of rotatable bonds is 6. The fourth-order valence-corrected chi connectivity index (χ4v) is 4.07. The van der Waals surface area contributed by atoms with Crippen molar-refractivity contribution in [3.63, 3.8) is 0 Å². The number of benzene rings is 2. The molecule has 0 saturated carbocycles. The van der Waals surface area contributed by atoms with Crippen LogP contribution in [0.25, 0.3) is 16.8 Å². The quantitative estimate of drug-likeness (QED) is 0.500. The topological polar surface area (TPSA) is 57.9 Å². The van der Waals surface area contributed by atoms with Gasteiger partial charge in [-0.2, -0.15) is 0 Å². The van der Waals surface area contributed by atoms with Crippen molar-refractivity contribution in [2.75, 3.05) is 50.6 Å². The highest BCUT2D eigenvalue weighted by Crippen LogP contribution is 2.24. The lowest BCUT2D eigenvalue weighted by Gasteiger charge is -2.34. The molecule has 3 heterocycles. The first-order chi connectivity index (χ1) is 15.7. The molecule has 0 bridgehead atoms. The second kappa shape index (κ2) is 8.98. The van der Waals surface area contributed by atoms with Gasteiger partial charge in [0.2, 0.25) is 5.95 Å². The zero-order valence-electron chi connectivity index (χ0n) is 18.5. The van der Waals surface area contributed by atoms with Crippen LogP contribution in [0, 0.1) is 0 Å². The molecule has 7 nitrogen and oxygen atoms in total. The number of hydrogen-bond donors (Lipinski definition) is 1. The Morgan fingerprint density at radius 1 is 0.906 bits per heavy atom. The molecule has 1 fully saturated rings. The van der Waals surface area contributed by atoms with Crippen molar-refractivity contribution in [1.29, 1.82) is 0 Å². The van der Waals surface area contributed by atoms with Crippen LogP contribution < -0.4 is 10.2 Å². The first-order valence-corrected chi connectivity index (χ1v) is 10.9. The van der Waals surface area contributed by atoms with Gasteiger partial charge in [0.05, 0.1) is 24.0 Å². The maximum atomic E-state index is 5.21. The zero-order valence-corrected chi connectivity index (χ0v) is 18.5. The molecule has 2 aromatic carbocycles. The number of hydrogen-bond acceptors (Lipinski definition) is 6. The van der Waals surface area contributed by atoms with Crippen LogP contribution >= 0.6 is 0 Å². The molecule has 0 spiro atoms. The number of likely N-dealkylation sites (N-methyl/N-ethyl adjacent to an activating group) is 1. The smallest absolute Gasteiger partial charge is 0.245 e. The van der Waals surface area contributed by atoms with Crippen LogP contribution in [0.4, 0.5) is 17.3 Å². The Morgan fingerprint density at radius 2 is 1.66 bits per heavy atom. The third-order valence-electron chi connectivity index (χ3n) is 5.95. The summed E-state index contributed by atoms with van der Waals surface area (Å²) in [5, 5.41) is 8.08. The molecule has 1 aliphatic rings. The number of ether oxygens (including phenoxy) is 1. The van der Waals surface area contributed by atoms with E-state index in [0.29, 0.717) is 12.6 Å².